The molecule has 0 bridgehead atoms. The largest absolute Gasteiger partial charge is 0.340 e. The molecule has 138 valence electrons. The number of nitrogens with zero attached hydrogens (tertiary/aromatic N) is 2. The van der Waals surface area contributed by atoms with E-state index in [1.54, 1.807) is 0 Å². The molecule has 1 atom stereocenters. The van der Waals surface area contributed by atoms with Crippen LogP contribution in [0.3, 0.4) is 0 Å². The van der Waals surface area contributed by atoms with Gasteiger partial charge in [0.05, 0.1) is 5.69 Å². The summed E-state index contributed by atoms with van der Waals surface area (Å²) in [4.78, 5) is 9.12. The molecule has 1 aliphatic rings. The summed E-state index contributed by atoms with van der Waals surface area (Å²) in [5.41, 5.74) is 7.11. The number of rotatable bonds is 4. The number of hydrogen-bond donors (Lipinski definition) is 1. The van der Waals surface area contributed by atoms with Crippen molar-refractivity contribution in [1.29, 1.82) is 0 Å². The maximum Gasteiger partial charge on any atom is 0.224 e. The average molecular weight is 378 g/mol. The number of fused-ring (bicyclic) bond motifs is 1. The van der Waals surface area contributed by atoms with Crippen LogP contribution >= 0.6 is 11.6 Å². The molecule has 3 nitrogen and oxygen atoms in total. The van der Waals surface area contributed by atoms with Crippen molar-refractivity contribution in [2.75, 3.05) is 5.32 Å². The summed E-state index contributed by atoms with van der Waals surface area (Å²) in [5, 5.41) is 3.85. The van der Waals surface area contributed by atoms with Gasteiger partial charge in [-0.2, -0.15) is 0 Å². The molecule has 2 aromatic carbocycles. The molecule has 0 spiro atoms. The first kappa shape index (κ1) is 18.0. The van der Waals surface area contributed by atoms with Crippen LogP contribution in [0.4, 0.5) is 11.5 Å². The Bertz CT molecular complexity index is 967. The summed E-state index contributed by atoms with van der Waals surface area (Å²) in [5.74, 6) is 1.60. The molecule has 0 amide bonds. The molecule has 0 fully saturated rings. The SMILES string of the molecule is Cc1ccc(C(C)C)cc1Nc1nc(Cl)nc2c1CCC2c1ccccc1. The zero-order valence-electron chi connectivity index (χ0n) is 16.0. The molecule has 1 heterocycles. The molecular weight excluding hydrogens is 354 g/mol. The van der Waals surface area contributed by atoms with Gasteiger partial charge in [0.25, 0.3) is 0 Å². The highest BCUT2D eigenvalue weighted by molar-refractivity contribution is 6.28. The molecule has 0 saturated heterocycles. The Kier molecular flexibility index (Phi) is 4.88. The molecule has 0 radical (unpaired) electrons. The van der Waals surface area contributed by atoms with Crippen LogP contribution in [0, 0.1) is 6.92 Å². The Morgan fingerprint density at radius 1 is 1.07 bits per heavy atom. The Morgan fingerprint density at radius 2 is 1.85 bits per heavy atom. The van der Waals surface area contributed by atoms with Crippen molar-refractivity contribution in [3.05, 3.63) is 81.8 Å². The number of nitrogens with one attached hydrogen (secondary N) is 1. The fraction of sp³-hybridized carbons (Fsp3) is 0.304. The molecule has 3 aromatic rings. The van der Waals surface area contributed by atoms with E-state index >= 15 is 0 Å². The van der Waals surface area contributed by atoms with Crippen molar-refractivity contribution in [1.82, 2.24) is 9.97 Å². The highest BCUT2D eigenvalue weighted by atomic mass is 35.5. The molecule has 27 heavy (non-hydrogen) atoms. The van der Waals surface area contributed by atoms with E-state index in [0.29, 0.717) is 11.2 Å². The Labute approximate surface area is 165 Å². The smallest absolute Gasteiger partial charge is 0.224 e. The van der Waals surface area contributed by atoms with Crippen LogP contribution < -0.4 is 5.32 Å². The molecule has 1 aliphatic carbocycles. The zero-order chi connectivity index (χ0) is 19.0. The third-order valence-corrected chi connectivity index (χ3v) is 5.58. The molecule has 1 aromatic heterocycles. The van der Waals surface area contributed by atoms with E-state index in [9.17, 15) is 0 Å². The molecule has 1 N–H and O–H groups in total. The summed E-state index contributed by atoms with van der Waals surface area (Å²) < 4.78 is 0. The number of hydrogen-bond acceptors (Lipinski definition) is 3. The summed E-state index contributed by atoms with van der Waals surface area (Å²) >= 11 is 6.31. The van der Waals surface area contributed by atoms with Gasteiger partial charge < -0.3 is 5.32 Å². The van der Waals surface area contributed by atoms with Crippen molar-refractivity contribution in [3.63, 3.8) is 0 Å². The van der Waals surface area contributed by atoms with E-state index in [0.717, 1.165) is 30.0 Å². The quantitative estimate of drug-likeness (QED) is 0.536. The topological polar surface area (TPSA) is 37.8 Å². The van der Waals surface area contributed by atoms with Crippen molar-refractivity contribution < 1.29 is 0 Å². The van der Waals surface area contributed by atoms with Crippen LogP contribution in [0.1, 0.15) is 60.1 Å². The van der Waals surface area contributed by atoms with E-state index in [1.807, 2.05) is 6.07 Å². The van der Waals surface area contributed by atoms with Crippen molar-refractivity contribution in [2.45, 2.75) is 45.4 Å². The minimum atomic E-state index is 0.283. The van der Waals surface area contributed by atoms with E-state index in [2.05, 4.69) is 78.5 Å². The highest BCUT2D eigenvalue weighted by Gasteiger charge is 2.29. The lowest BCUT2D eigenvalue weighted by molar-refractivity contribution is 0.771. The summed E-state index contributed by atoms with van der Waals surface area (Å²) in [7, 11) is 0. The first-order chi connectivity index (χ1) is 13.0. The van der Waals surface area contributed by atoms with Gasteiger partial charge in [-0.05, 0) is 60.0 Å². The van der Waals surface area contributed by atoms with Crippen molar-refractivity contribution in [3.8, 4) is 0 Å². The molecule has 4 rings (SSSR count). The standard InChI is InChI=1S/C23H24ClN3/c1-14(2)17-10-9-15(3)20(13-17)25-22-19-12-11-18(16-7-5-4-6-8-16)21(19)26-23(24)27-22/h4-10,13-14,18H,11-12H2,1-3H3,(H,25,26,27). The fourth-order valence-corrected chi connectivity index (χ4v) is 3.98. The maximum atomic E-state index is 6.31. The third-order valence-electron chi connectivity index (χ3n) is 5.41. The van der Waals surface area contributed by atoms with Gasteiger partial charge in [0.2, 0.25) is 5.28 Å². The first-order valence-corrected chi connectivity index (χ1v) is 9.89. The van der Waals surface area contributed by atoms with Crippen LogP contribution in [0.25, 0.3) is 0 Å². The average Bonchev–Trinajstić information content (AvgIpc) is 3.08. The number of anilines is 2. The maximum absolute atomic E-state index is 6.31. The second-order valence-electron chi connectivity index (χ2n) is 7.56. The van der Waals surface area contributed by atoms with Gasteiger partial charge in [0.15, 0.2) is 0 Å². The van der Waals surface area contributed by atoms with Gasteiger partial charge in [0, 0.05) is 17.2 Å². The number of aryl methyl sites for hydroxylation is 1. The van der Waals surface area contributed by atoms with Crippen LogP contribution in [0.15, 0.2) is 48.5 Å². The van der Waals surface area contributed by atoms with E-state index < -0.39 is 0 Å². The molecule has 1 unspecified atom stereocenters. The van der Waals surface area contributed by atoms with Gasteiger partial charge in [-0.1, -0.05) is 56.3 Å². The summed E-state index contributed by atoms with van der Waals surface area (Å²) in [6, 6.07) is 17.1. The van der Waals surface area contributed by atoms with Gasteiger partial charge in [-0.25, -0.2) is 9.97 Å². The predicted octanol–water partition coefficient (Wildman–Crippen LogP) is 6.38. The molecule has 0 saturated carbocycles. The predicted molar refractivity (Wildman–Crippen MR) is 112 cm³/mol. The van der Waals surface area contributed by atoms with Gasteiger partial charge in [-0.15, -0.1) is 0 Å². The Balaban J connectivity index is 1.73. The van der Waals surface area contributed by atoms with Crippen LogP contribution in [0.2, 0.25) is 5.28 Å². The molecule has 0 aliphatic heterocycles. The van der Waals surface area contributed by atoms with Crippen LogP contribution in [0.5, 0.6) is 0 Å². The lowest BCUT2D eigenvalue weighted by Crippen LogP contribution is -2.05. The highest BCUT2D eigenvalue weighted by Crippen LogP contribution is 2.41. The molecule has 4 heteroatoms. The lowest BCUT2D eigenvalue weighted by Gasteiger charge is -2.16. The van der Waals surface area contributed by atoms with E-state index in [4.69, 9.17) is 11.6 Å². The summed E-state index contributed by atoms with van der Waals surface area (Å²) in [6.45, 7) is 6.53. The van der Waals surface area contributed by atoms with Gasteiger partial charge in [0.1, 0.15) is 5.82 Å². The van der Waals surface area contributed by atoms with Gasteiger partial charge >= 0.3 is 0 Å². The molecular formula is C23H24ClN3. The number of benzene rings is 2. The van der Waals surface area contributed by atoms with Crippen LogP contribution in [-0.4, -0.2) is 9.97 Å². The second kappa shape index (κ2) is 7.32. The minimum Gasteiger partial charge on any atom is -0.340 e. The Morgan fingerprint density at radius 3 is 2.59 bits per heavy atom. The monoisotopic (exact) mass is 377 g/mol. The first-order valence-electron chi connectivity index (χ1n) is 9.51. The number of halogens is 1. The van der Waals surface area contributed by atoms with Crippen molar-refractivity contribution in [2.24, 2.45) is 0 Å². The zero-order valence-corrected chi connectivity index (χ0v) is 16.7. The second-order valence-corrected chi connectivity index (χ2v) is 7.90. The fourth-order valence-electron chi connectivity index (χ4n) is 3.81. The Hall–Kier alpha value is -2.39. The van der Waals surface area contributed by atoms with Crippen molar-refractivity contribution >= 4 is 23.1 Å². The van der Waals surface area contributed by atoms with Gasteiger partial charge in [-0.3, -0.25) is 0 Å². The normalized spacial score (nSPS) is 15.8. The van der Waals surface area contributed by atoms with Crippen LogP contribution in [-0.2, 0) is 6.42 Å². The minimum absolute atomic E-state index is 0.283. The lowest BCUT2D eigenvalue weighted by atomic mass is 9.97. The van der Waals surface area contributed by atoms with E-state index in [-0.39, 0.29) is 5.92 Å². The van der Waals surface area contributed by atoms with E-state index in [1.165, 1.54) is 22.3 Å². The third kappa shape index (κ3) is 3.57. The summed E-state index contributed by atoms with van der Waals surface area (Å²) in [6.07, 6.45) is 1.99. The number of aromatic nitrogens is 2.